The number of anilines is 1. The number of aliphatic hydroxyl groups is 1. The Kier molecular flexibility index (Phi) is 3.92. The molecule has 1 aromatic carbocycles. The fourth-order valence-corrected chi connectivity index (χ4v) is 2.33. The first-order valence-electron chi connectivity index (χ1n) is 6.70. The van der Waals surface area contributed by atoms with Gasteiger partial charge in [-0.25, -0.2) is 0 Å². The molecule has 1 aromatic rings. The number of aryl methyl sites for hydroxylation is 1. The van der Waals surface area contributed by atoms with E-state index < -0.39 is 5.60 Å². The van der Waals surface area contributed by atoms with Gasteiger partial charge in [-0.2, -0.15) is 0 Å². The van der Waals surface area contributed by atoms with Gasteiger partial charge >= 0.3 is 0 Å². The van der Waals surface area contributed by atoms with Crippen LogP contribution in [0.2, 0.25) is 0 Å². The third-order valence-corrected chi connectivity index (χ3v) is 3.74. The van der Waals surface area contributed by atoms with Crippen molar-refractivity contribution in [3.05, 3.63) is 29.8 Å². The molecule has 1 heterocycles. The van der Waals surface area contributed by atoms with Crippen LogP contribution in [0, 0.1) is 12.8 Å². The number of β-amino-alcohol motifs (C(OH)–C–C–N with tert-alkyl or cyclic N) is 1. The second-order valence-electron chi connectivity index (χ2n) is 5.82. The molecule has 1 aliphatic heterocycles. The summed E-state index contributed by atoms with van der Waals surface area (Å²) in [6, 6.07) is 7.74. The minimum atomic E-state index is -0.621. The van der Waals surface area contributed by atoms with Crippen LogP contribution in [0.15, 0.2) is 24.3 Å². The quantitative estimate of drug-likeness (QED) is 0.867. The van der Waals surface area contributed by atoms with E-state index in [0.29, 0.717) is 19.6 Å². The van der Waals surface area contributed by atoms with Gasteiger partial charge in [-0.15, -0.1) is 0 Å². The summed E-state index contributed by atoms with van der Waals surface area (Å²) < 4.78 is 0. The monoisotopic (exact) mass is 262 g/mol. The number of carbonyl (C=O) groups excluding carboxylic acids is 1. The van der Waals surface area contributed by atoms with Crippen LogP contribution in [0.3, 0.4) is 0 Å². The van der Waals surface area contributed by atoms with E-state index in [0.717, 1.165) is 11.3 Å². The molecular weight excluding hydrogens is 240 g/mol. The van der Waals surface area contributed by atoms with Crippen molar-refractivity contribution < 1.29 is 9.90 Å². The van der Waals surface area contributed by atoms with Crippen LogP contribution >= 0.6 is 0 Å². The molecule has 0 spiro atoms. The first-order chi connectivity index (χ1) is 8.89. The van der Waals surface area contributed by atoms with Crippen molar-refractivity contribution in [2.75, 3.05) is 25.0 Å². The predicted octanol–water partition coefficient (Wildman–Crippen LogP) is 1.64. The van der Waals surface area contributed by atoms with Crippen LogP contribution in [0.5, 0.6) is 0 Å². The number of amides is 1. The Morgan fingerprint density at radius 3 is 2.74 bits per heavy atom. The lowest BCUT2D eigenvalue weighted by Crippen LogP contribution is -2.65. The van der Waals surface area contributed by atoms with Gasteiger partial charge in [0.2, 0.25) is 5.91 Å². The zero-order valence-corrected chi connectivity index (χ0v) is 11.8. The number of hydrogen-bond acceptors (Lipinski definition) is 3. The van der Waals surface area contributed by atoms with Crippen molar-refractivity contribution in [2.24, 2.45) is 5.92 Å². The smallest absolute Gasteiger partial charge is 0.238 e. The molecule has 1 amide bonds. The molecule has 0 atom stereocenters. The Hall–Kier alpha value is -1.39. The van der Waals surface area contributed by atoms with E-state index in [2.05, 4.69) is 5.32 Å². The number of carbonyl (C=O) groups is 1. The van der Waals surface area contributed by atoms with Crippen molar-refractivity contribution >= 4 is 11.6 Å². The van der Waals surface area contributed by atoms with Gasteiger partial charge in [0.25, 0.3) is 0 Å². The highest BCUT2D eigenvalue weighted by molar-refractivity contribution is 5.92. The van der Waals surface area contributed by atoms with Gasteiger partial charge in [0.05, 0.1) is 12.1 Å². The fourth-order valence-electron chi connectivity index (χ4n) is 2.33. The Morgan fingerprint density at radius 2 is 2.16 bits per heavy atom. The van der Waals surface area contributed by atoms with Crippen molar-refractivity contribution in [1.29, 1.82) is 0 Å². The van der Waals surface area contributed by atoms with Gasteiger partial charge in [-0.3, -0.25) is 9.69 Å². The van der Waals surface area contributed by atoms with Crippen molar-refractivity contribution in [3.63, 3.8) is 0 Å². The van der Waals surface area contributed by atoms with Crippen molar-refractivity contribution in [1.82, 2.24) is 4.90 Å². The van der Waals surface area contributed by atoms with E-state index in [-0.39, 0.29) is 11.8 Å². The van der Waals surface area contributed by atoms with E-state index in [1.165, 1.54) is 0 Å². The minimum Gasteiger partial charge on any atom is -0.387 e. The molecule has 0 aliphatic carbocycles. The maximum atomic E-state index is 11.9. The highest BCUT2D eigenvalue weighted by Crippen LogP contribution is 2.28. The summed E-state index contributed by atoms with van der Waals surface area (Å²) in [5.74, 6) is 0.194. The van der Waals surface area contributed by atoms with Crippen LogP contribution in [-0.4, -0.2) is 41.1 Å². The first-order valence-corrected chi connectivity index (χ1v) is 6.70. The predicted molar refractivity (Wildman–Crippen MR) is 76.0 cm³/mol. The minimum absolute atomic E-state index is 0.0311. The number of nitrogens with one attached hydrogen (secondary N) is 1. The Morgan fingerprint density at radius 1 is 1.47 bits per heavy atom. The van der Waals surface area contributed by atoms with Crippen LogP contribution in [0.25, 0.3) is 0 Å². The van der Waals surface area contributed by atoms with Gasteiger partial charge in [-0.05, 0) is 30.5 Å². The topological polar surface area (TPSA) is 52.6 Å². The van der Waals surface area contributed by atoms with E-state index >= 15 is 0 Å². The molecule has 104 valence electrons. The van der Waals surface area contributed by atoms with Gasteiger partial charge in [0, 0.05) is 18.8 Å². The Labute approximate surface area is 114 Å². The Bertz CT molecular complexity index is 465. The van der Waals surface area contributed by atoms with Gasteiger partial charge in [0.1, 0.15) is 0 Å². The van der Waals surface area contributed by atoms with Crippen LogP contribution in [0.1, 0.15) is 19.4 Å². The third kappa shape index (κ3) is 3.33. The maximum Gasteiger partial charge on any atom is 0.238 e. The molecular formula is C15H22N2O2. The van der Waals surface area contributed by atoms with E-state index in [4.69, 9.17) is 0 Å². The molecule has 2 N–H and O–H groups in total. The zero-order chi connectivity index (χ0) is 14.0. The third-order valence-electron chi connectivity index (χ3n) is 3.74. The summed E-state index contributed by atoms with van der Waals surface area (Å²) in [6.07, 6.45) is 0. The van der Waals surface area contributed by atoms with Crippen LogP contribution < -0.4 is 5.32 Å². The Balaban J connectivity index is 1.81. The summed E-state index contributed by atoms with van der Waals surface area (Å²) in [5.41, 5.74) is 1.32. The first kappa shape index (κ1) is 14.0. The zero-order valence-electron chi connectivity index (χ0n) is 11.8. The summed E-state index contributed by atoms with van der Waals surface area (Å²) in [6.45, 7) is 7.49. The average molecular weight is 262 g/mol. The summed E-state index contributed by atoms with van der Waals surface area (Å²) in [7, 11) is 0. The molecule has 0 aromatic heterocycles. The van der Waals surface area contributed by atoms with Gasteiger partial charge in [0.15, 0.2) is 0 Å². The summed E-state index contributed by atoms with van der Waals surface area (Å²) >= 11 is 0. The number of nitrogens with zero attached hydrogens (tertiary/aromatic N) is 1. The molecule has 19 heavy (non-hydrogen) atoms. The lowest BCUT2D eigenvalue weighted by atomic mass is 9.83. The molecule has 4 nitrogen and oxygen atoms in total. The number of benzene rings is 1. The summed E-state index contributed by atoms with van der Waals surface area (Å²) in [4.78, 5) is 13.8. The molecule has 0 saturated carbocycles. The summed E-state index contributed by atoms with van der Waals surface area (Å²) in [5, 5.41) is 13.0. The SMILES string of the molecule is Cc1cccc(NC(=O)CN2CC(O)(C(C)C)C2)c1. The standard InChI is InChI=1S/C15H22N2O2/c1-11(2)15(19)9-17(10-15)8-14(18)16-13-6-4-5-12(3)7-13/h4-7,11,19H,8-10H2,1-3H3,(H,16,18). The average Bonchev–Trinajstić information content (AvgIpc) is 2.26. The highest BCUT2D eigenvalue weighted by Gasteiger charge is 2.43. The second-order valence-corrected chi connectivity index (χ2v) is 5.82. The normalized spacial score (nSPS) is 18.2. The number of hydrogen-bond donors (Lipinski definition) is 2. The molecule has 0 bridgehead atoms. The molecule has 4 heteroatoms. The molecule has 1 saturated heterocycles. The lowest BCUT2D eigenvalue weighted by molar-refractivity contribution is -0.139. The maximum absolute atomic E-state index is 11.9. The molecule has 0 radical (unpaired) electrons. The van der Waals surface area contributed by atoms with Gasteiger partial charge < -0.3 is 10.4 Å². The van der Waals surface area contributed by atoms with Crippen LogP contribution in [0.4, 0.5) is 5.69 Å². The van der Waals surface area contributed by atoms with Crippen molar-refractivity contribution in [3.8, 4) is 0 Å². The van der Waals surface area contributed by atoms with Crippen molar-refractivity contribution in [2.45, 2.75) is 26.4 Å². The lowest BCUT2D eigenvalue weighted by Gasteiger charge is -2.48. The second kappa shape index (κ2) is 5.31. The molecule has 1 fully saturated rings. The van der Waals surface area contributed by atoms with E-state index in [1.807, 2.05) is 49.9 Å². The van der Waals surface area contributed by atoms with E-state index in [1.54, 1.807) is 0 Å². The molecule has 1 aliphatic rings. The van der Waals surface area contributed by atoms with Gasteiger partial charge in [-0.1, -0.05) is 26.0 Å². The van der Waals surface area contributed by atoms with Crippen LogP contribution in [-0.2, 0) is 4.79 Å². The molecule has 0 unspecified atom stereocenters. The molecule has 2 rings (SSSR count). The highest BCUT2D eigenvalue weighted by atomic mass is 16.3. The largest absolute Gasteiger partial charge is 0.387 e. The number of rotatable bonds is 4. The fraction of sp³-hybridized carbons (Fsp3) is 0.533. The van der Waals surface area contributed by atoms with E-state index in [9.17, 15) is 9.90 Å². The number of likely N-dealkylation sites (tertiary alicyclic amines) is 1.